The summed E-state index contributed by atoms with van der Waals surface area (Å²) in [6.45, 7) is 10.0. The number of halogens is 2. The Labute approximate surface area is 321 Å². The molecule has 1 aromatic heterocycles. The van der Waals surface area contributed by atoms with E-state index in [1.807, 2.05) is 17.9 Å². The van der Waals surface area contributed by atoms with E-state index in [0.29, 0.717) is 36.5 Å². The number of aromatic nitrogens is 1. The van der Waals surface area contributed by atoms with Crippen LogP contribution in [-0.2, 0) is 33.8 Å². The highest BCUT2D eigenvalue weighted by Crippen LogP contribution is 2.45. The molecular formula is C42H46Cl2N4O5. The van der Waals surface area contributed by atoms with Crippen molar-refractivity contribution >= 4 is 35.1 Å². The van der Waals surface area contributed by atoms with Gasteiger partial charge < -0.3 is 19.1 Å². The molecule has 0 bridgehead atoms. The summed E-state index contributed by atoms with van der Waals surface area (Å²) < 4.78 is 17.4. The van der Waals surface area contributed by atoms with Gasteiger partial charge in [-0.05, 0) is 66.6 Å². The molecule has 1 amide bonds. The van der Waals surface area contributed by atoms with Crippen molar-refractivity contribution in [1.82, 2.24) is 19.7 Å². The molecule has 3 aliphatic rings. The summed E-state index contributed by atoms with van der Waals surface area (Å²) in [6, 6.07) is 23.0. The van der Waals surface area contributed by atoms with Crippen molar-refractivity contribution in [2.45, 2.75) is 52.3 Å². The van der Waals surface area contributed by atoms with Crippen LogP contribution in [0.25, 0.3) is 22.3 Å². The highest BCUT2D eigenvalue weighted by atomic mass is 35.5. The van der Waals surface area contributed by atoms with E-state index in [2.05, 4.69) is 70.5 Å². The van der Waals surface area contributed by atoms with Gasteiger partial charge in [-0.25, -0.2) is 0 Å². The minimum atomic E-state index is -0.227. The first-order valence-corrected chi connectivity index (χ1v) is 19.2. The van der Waals surface area contributed by atoms with Gasteiger partial charge in [-0.1, -0.05) is 83.9 Å². The van der Waals surface area contributed by atoms with Gasteiger partial charge in [0.05, 0.1) is 24.7 Å². The molecule has 2 atom stereocenters. The minimum absolute atomic E-state index is 0.123. The maximum atomic E-state index is 12.3. The number of methoxy groups -OCH3 is 1. The lowest BCUT2D eigenvalue weighted by Crippen LogP contribution is -2.47. The number of rotatable bonds is 11. The van der Waals surface area contributed by atoms with E-state index in [1.54, 1.807) is 14.0 Å². The maximum absolute atomic E-state index is 12.3. The van der Waals surface area contributed by atoms with Gasteiger partial charge in [-0.3, -0.25) is 19.4 Å². The molecule has 0 radical (unpaired) electrons. The van der Waals surface area contributed by atoms with E-state index >= 15 is 0 Å². The smallest absolute Gasteiger partial charge is 0.310 e. The molecule has 9 nitrogen and oxygen atoms in total. The molecule has 0 N–H and O–H groups in total. The average Bonchev–Trinajstić information content (AvgIpc) is 3.81. The molecule has 3 heterocycles. The zero-order valence-electron chi connectivity index (χ0n) is 30.6. The molecule has 53 heavy (non-hydrogen) atoms. The topological polar surface area (TPSA) is 84.4 Å². The first-order chi connectivity index (χ1) is 25.7. The maximum Gasteiger partial charge on any atom is 0.310 e. The van der Waals surface area contributed by atoms with E-state index in [9.17, 15) is 9.59 Å². The molecule has 2 fully saturated rings. The first kappa shape index (κ1) is 37.2. The van der Waals surface area contributed by atoms with Crippen LogP contribution in [-0.4, -0.2) is 84.5 Å². The van der Waals surface area contributed by atoms with E-state index in [-0.39, 0.29) is 23.9 Å². The lowest BCUT2D eigenvalue weighted by molar-refractivity contribution is -0.147. The fourth-order valence-electron chi connectivity index (χ4n) is 7.89. The number of likely N-dealkylation sites (tertiary alicyclic amines) is 1. The number of ether oxygens (including phenoxy) is 3. The Bertz CT molecular complexity index is 1960. The average molecular weight is 758 g/mol. The molecule has 278 valence electrons. The Morgan fingerprint density at radius 1 is 0.849 bits per heavy atom. The lowest BCUT2D eigenvalue weighted by atomic mass is 9.93. The van der Waals surface area contributed by atoms with Crippen LogP contribution in [0.3, 0.4) is 0 Å². The Balaban J connectivity index is 1.05. The number of hydrogen-bond donors (Lipinski definition) is 0. The van der Waals surface area contributed by atoms with E-state index < -0.39 is 0 Å². The number of nitrogens with zero attached hydrogens (tertiary/aromatic N) is 4. The van der Waals surface area contributed by atoms with E-state index in [0.717, 1.165) is 96.9 Å². The van der Waals surface area contributed by atoms with Gasteiger partial charge in [0.25, 0.3) is 0 Å². The van der Waals surface area contributed by atoms with Gasteiger partial charge in [-0.2, -0.15) is 4.98 Å². The van der Waals surface area contributed by atoms with Crippen LogP contribution in [0.4, 0.5) is 0 Å². The number of fused-ring (bicyclic) bond motifs is 1. The Kier molecular flexibility index (Phi) is 11.6. The van der Waals surface area contributed by atoms with Crippen LogP contribution in [0.15, 0.2) is 66.7 Å². The van der Waals surface area contributed by atoms with E-state index in [1.165, 1.54) is 11.1 Å². The fraction of sp³-hybridized carbons (Fsp3) is 0.405. The van der Waals surface area contributed by atoms with Crippen LogP contribution < -0.4 is 9.47 Å². The molecule has 4 aromatic rings. The van der Waals surface area contributed by atoms with Gasteiger partial charge in [-0.15, -0.1) is 0 Å². The van der Waals surface area contributed by atoms with Gasteiger partial charge in [0, 0.05) is 69.4 Å². The number of piperazine rings is 1. The third-order valence-corrected chi connectivity index (χ3v) is 11.4. The summed E-state index contributed by atoms with van der Waals surface area (Å²) in [6.07, 6.45) is 2.14. The zero-order valence-corrected chi connectivity index (χ0v) is 32.1. The predicted molar refractivity (Wildman–Crippen MR) is 207 cm³/mol. The van der Waals surface area contributed by atoms with Crippen LogP contribution in [0.1, 0.15) is 55.0 Å². The molecule has 2 saturated heterocycles. The summed E-state index contributed by atoms with van der Waals surface area (Å²) in [4.78, 5) is 35.2. The van der Waals surface area contributed by atoms with Crippen molar-refractivity contribution in [3.05, 3.63) is 99.0 Å². The van der Waals surface area contributed by atoms with Crippen LogP contribution in [0, 0.1) is 5.92 Å². The van der Waals surface area contributed by atoms with Crippen molar-refractivity contribution in [2.75, 3.05) is 53.0 Å². The summed E-state index contributed by atoms with van der Waals surface area (Å²) >= 11 is 14.0. The van der Waals surface area contributed by atoms with Crippen LogP contribution in [0.2, 0.25) is 10.0 Å². The van der Waals surface area contributed by atoms with Crippen molar-refractivity contribution in [3.8, 4) is 34.0 Å². The van der Waals surface area contributed by atoms with Gasteiger partial charge in [0.15, 0.2) is 0 Å². The number of carbonyl (C=O) groups is 2. The molecule has 2 aliphatic heterocycles. The van der Waals surface area contributed by atoms with Crippen LogP contribution in [0.5, 0.6) is 11.8 Å². The van der Waals surface area contributed by atoms with E-state index in [4.69, 9.17) is 42.4 Å². The number of benzene rings is 3. The highest BCUT2D eigenvalue weighted by Gasteiger charge is 2.32. The third kappa shape index (κ3) is 8.19. The second-order valence-corrected chi connectivity index (χ2v) is 14.9. The second kappa shape index (κ2) is 16.5. The SMILES string of the molecule is CCOC(=O)[C@@H]1CCN(Cc2cc(Cl)c(O[C@H]3CCc4c(-c5cccc(-c6ccc(CN7CCN(C(C)=O)CC7)cc6)c5Cl)cccc43)nc2OC)C1. The number of pyridine rings is 1. The quantitative estimate of drug-likeness (QED) is 0.143. The third-order valence-electron chi connectivity index (χ3n) is 10.7. The van der Waals surface area contributed by atoms with Crippen molar-refractivity contribution in [2.24, 2.45) is 5.92 Å². The van der Waals surface area contributed by atoms with Crippen molar-refractivity contribution < 1.29 is 23.8 Å². The summed E-state index contributed by atoms with van der Waals surface area (Å²) in [7, 11) is 1.60. The Hall–Kier alpha value is -4.15. The monoisotopic (exact) mass is 756 g/mol. The van der Waals surface area contributed by atoms with Gasteiger partial charge in [0.1, 0.15) is 11.1 Å². The first-order valence-electron chi connectivity index (χ1n) is 18.5. The molecule has 7 rings (SSSR count). The summed E-state index contributed by atoms with van der Waals surface area (Å²) in [5, 5.41) is 1.14. The number of hydrogen-bond acceptors (Lipinski definition) is 8. The summed E-state index contributed by atoms with van der Waals surface area (Å²) in [5.41, 5.74) is 8.53. The Morgan fingerprint density at radius 2 is 1.58 bits per heavy atom. The molecule has 11 heteroatoms. The molecule has 3 aromatic carbocycles. The number of carbonyl (C=O) groups excluding carboxylic acids is 2. The predicted octanol–water partition coefficient (Wildman–Crippen LogP) is 7.85. The molecule has 0 unspecified atom stereocenters. The second-order valence-electron chi connectivity index (χ2n) is 14.1. The molecule has 0 spiro atoms. The number of esters is 1. The minimum Gasteiger partial charge on any atom is -0.481 e. The van der Waals surface area contributed by atoms with Crippen LogP contribution >= 0.6 is 23.2 Å². The number of amides is 1. The zero-order chi connectivity index (χ0) is 37.1. The fourth-order valence-corrected chi connectivity index (χ4v) is 8.45. The van der Waals surface area contributed by atoms with Crippen molar-refractivity contribution in [3.63, 3.8) is 0 Å². The lowest BCUT2D eigenvalue weighted by Gasteiger charge is -2.34. The van der Waals surface area contributed by atoms with Gasteiger partial charge in [0.2, 0.25) is 17.7 Å². The Morgan fingerprint density at radius 3 is 2.32 bits per heavy atom. The van der Waals surface area contributed by atoms with Crippen molar-refractivity contribution in [1.29, 1.82) is 0 Å². The standard InChI is InChI=1S/C42H46Cl2N4O5/c1-4-52-42(50)30-17-18-47(25-30)26-31-23-37(43)41(45-40(31)51-3)53-38-16-15-34-33(8-6-9-35(34)38)36-10-5-7-32(39(36)44)29-13-11-28(12-14-29)24-46-19-21-48(22-20-46)27(2)49/h5-14,23,30,38H,4,15-22,24-26H2,1-3H3/t30-,38+/m1/s1. The molecule has 1 aliphatic carbocycles. The molecule has 0 saturated carbocycles. The normalized spacial score (nSPS) is 18.9. The highest BCUT2D eigenvalue weighted by molar-refractivity contribution is 6.36. The van der Waals surface area contributed by atoms with Gasteiger partial charge >= 0.3 is 5.97 Å². The largest absolute Gasteiger partial charge is 0.481 e. The molecular weight excluding hydrogens is 711 g/mol. The summed E-state index contributed by atoms with van der Waals surface area (Å²) in [5.74, 6) is 0.676.